The van der Waals surface area contributed by atoms with Gasteiger partial charge in [0.25, 0.3) is 0 Å². The Morgan fingerprint density at radius 2 is 1.56 bits per heavy atom. The van der Waals surface area contributed by atoms with Crippen LogP contribution in [0.4, 0.5) is 24.7 Å². The van der Waals surface area contributed by atoms with E-state index < -0.39 is 11.6 Å². The van der Waals surface area contributed by atoms with Crippen LogP contribution in [0.1, 0.15) is 0 Å². The van der Waals surface area contributed by atoms with Crippen molar-refractivity contribution in [2.45, 2.75) is 0 Å². The Hall–Kier alpha value is -4.26. The van der Waals surface area contributed by atoms with E-state index in [1.54, 1.807) is 54.9 Å². The topological polar surface area (TPSA) is 50.7 Å². The van der Waals surface area contributed by atoms with Crippen LogP contribution < -0.4 is 5.32 Å². The van der Waals surface area contributed by atoms with Gasteiger partial charge >= 0.3 is 0 Å². The first-order valence-corrected chi connectivity index (χ1v) is 9.78. The van der Waals surface area contributed by atoms with E-state index in [2.05, 4.69) is 20.3 Å². The van der Waals surface area contributed by atoms with E-state index in [9.17, 15) is 13.2 Å². The number of nitrogens with zero attached hydrogens (tertiary/aromatic N) is 3. The third-order valence-corrected chi connectivity index (χ3v) is 4.98. The molecular formula is C25H15F3N4. The van der Waals surface area contributed by atoms with Crippen LogP contribution in [0.25, 0.3) is 33.4 Å². The van der Waals surface area contributed by atoms with Gasteiger partial charge < -0.3 is 5.32 Å². The number of pyridine rings is 1. The molecule has 0 saturated heterocycles. The van der Waals surface area contributed by atoms with Crippen LogP contribution in [0.15, 0.2) is 85.2 Å². The predicted octanol–water partition coefficient (Wildman–Crippen LogP) is 6.52. The molecule has 0 aliphatic rings. The number of benzene rings is 3. The highest BCUT2D eigenvalue weighted by Crippen LogP contribution is 2.31. The third-order valence-electron chi connectivity index (χ3n) is 4.98. The van der Waals surface area contributed by atoms with Crippen molar-refractivity contribution in [2.24, 2.45) is 0 Å². The average Bonchev–Trinajstić information content (AvgIpc) is 2.82. The predicted molar refractivity (Wildman–Crippen MR) is 118 cm³/mol. The molecule has 0 fully saturated rings. The molecule has 0 radical (unpaired) electrons. The molecule has 0 atom stereocenters. The third kappa shape index (κ3) is 3.76. The molecule has 0 aliphatic carbocycles. The van der Waals surface area contributed by atoms with Crippen LogP contribution in [0.3, 0.4) is 0 Å². The fourth-order valence-corrected chi connectivity index (χ4v) is 3.42. The van der Waals surface area contributed by atoms with Crippen molar-refractivity contribution >= 4 is 22.4 Å². The van der Waals surface area contributed by atoms with E-state index in [1.165, 1.54) is 12.1 Å². The molecule has 156 valence electrons. The average molecular weight is 428 g/mol. The highest BCUT2D eigenvalue weighted by molar-refractivity contribution is 5.94. The molecule has 0 saturated carbocycles. The summed E-state index contributed by atoms with van der Waals surface area (Å²) >= 11 is 0. The van der Waals surface area contributed by atoms with Gasteiger partial charge in [0.15, 0.2) is 17.5 Å². The maximum Gasteiger partial charge on any atom is 0.163 e. The highest BCUT2D eigenvalue weighted by atomic mass is 19.2. The number of aromatic nitrogens is 3. The zero-order valence-corrected chi connectivity index (χ0v) is 16.6. The molecular weight excluding hydrogens is 413 g/mol. The summed E-state index contributed by atoms with van der Waals surface area (Å²) in [6, 6.07) is 18.9. The fraction of sp³-hybridized carbons (Fsp3) is 0. The molecule has 0 spiro atoms. The molecule has 5 rings (SSSR count). The van der Waals surface area contributed by atoms with E-state index in [0.717, 1.165) is 12.1 Å². The molecule has 2 aromatic heterocycles. The molecule has 5 aromatic rings. The van der Waals surface area contributed by atoms with Gasteiger partial charge in [0.05, 0.1) is 5.52 Å². The van der Waals surface area contributed by atoms with Gasteiger partial charge in [-0.15, -0.1) is 0 Å². The summed E-state index contributed by atoms with van der Waals surface area (Å²) in [5.41, 5.74) is 2.68. The SMILES string of the molecule is Fc1ccc(Nc2nc(-c3cccnc3)nc3cc(-c4ccccc4F)ccc23)cc1F. The second-order valence-corrected chi connectivity index (χ2v) is 7.10. The van der Waals surface area contributed by atoms with Crippen LogP contribution in [0.5, 0.6) is 0 Å². The van der Waals surface area contributed by atoms with Crippen molar-refractivity contribution in [2.75, 3.05) is 5.32 Å². The van der Waals surface area contributed by atoms with Gasteiger partial charge in [-0.2, -0.15) is 0 Å². The molecule has 0 aliphatic heterocycles. The summed E-state index contributed by atoms with van der Waals surface area (Å²) in [7, 11) is 0. The summed E-state index contributed by atoms with van der Waals surface area (Å²) in [4.78, 5) is 13.3. The second-order valence-electron chi connectivity index (χ2n) is 7.10. The first kappa shape index (κ1) is 19.7. The monoisotopic (exact) mass is 428 g/mol. The standard InChI is InChI=1S/C25H15F3N4/c26-20-6-2-1-5-18(20)15-7-9-19-23(12-15)31-24(16-4-3-11-29-14-16)32-25(19)30-17-8-10-21(27)22(28)13-17/h1-14H,(H,30,31,32). The van der Waals surface area contributed by atoms with Crippen LogP contribution in [0, 0.1) is 17.5 Å². The maximum atomic E-state index is 14.3. The minimum absolute atomic E-state index is 0.333. The Morgan fingerprint density at radius 1 is 0.688 bits per heavy atom. The van der Waals surface area contributed by atoms with Gasteiger partial charge in [-0.1, -0.05) is 24.3 Å². The lowest BCUT2D eigenvalue weighted by Gasteiger charge is -2.13. The molecule has 0 bridgehead atoms. The lowest BCUT2D eigenvalue weighted by molar-refractivity contribution is 0.509. The summed E-state index contributed by atoms with van der Waals surface area (Å²) in [6.45, 7) is 0. The zero-order chi connectivity index (χ0) is 22.1. The van der Waals surface area contributed by atoms with Crippen molar-refractivity contribution in [3.8, 4) is 22.5 Å². The smallest absolute Gasteiger partial charge is 0.163 e. The normalized spacial score (nSPS) is 11.0. The summed E-state index contributed by atoms with van der Waals surface area (Å²) in [6.07, 6.45) is 3.27. The molecule has 3 aromatic carbocycles. The quantitative estimate of drug-likeness (QED) is 0.354. The molecule has 1 N–H and O–H groups in total. The lowest BCUT2D eigenvalue weighted by Crippen LogP contribution is -2.00. The maximum absolute atomic E-state index is 14.3. The van der Waals surface area contributed by atoms with Crippen LogP contribution in [0.2, 0.25) is 0 Å². The Bertz CT molecular complexity index is 1440. The van der Waals surface area contributed by atoms with Crippen LogP contribution in [-0.2, 0) is 0 Å². The van der Waals surface area contributed by atoms with Gasteiger partial charge in [0.2, 0.25) is 0 Å². The molecule has 32 heavy (non-hydrogen) atoms. The summed E-state index contributed by atoms with van der Waals surface area (Å²) < 4.78 is 41.4. The van der Waals surface area contributed by atoms with Crippen molar-refractivity contribution in [3.05, 3.63) is 103 Å². The number of anilines is 2. The molecule has 2 heterocycles. The first-order chi connectivity index (χ1) is 15.6. The van der Waals surface area contributed by atoms with E-state index in [4.69, 9.17) is 0 Å². The van der Waals surface area contributed by atoms with Crippen molar-refractivity contribution < 1.29 is 13.2 Å². The number of fused-ring (bicyclic) bond motifs is 1. The largest absolute Gasteiger partial charge is 0.340 e. The molecule has 4 nitrogen and oxygen atoms in total. The minimum Gasteiger partial charge on any atom is -0.340 e. The Balaban J connectivity index is 1.68. The molecule has 0 unspecified atom stereocenters. The lowest BCUT2D eigenvalue weighted by atomic mass is 10.0. The highest BCUT2D eigenvalue weighted by Gasteiger charge is 2.13. The van der Waals surface area contributed by atoms with Crippen LogP contribution >= 0.6 is 0 Å². The van der Waals surface area contributed by atoms with E-state index >= 15 is 0 Å². The summed E-state index contributed by atoms with van der Waals surface area (Å²) in [5, 5.41) is 3.68. The van der Waals surface area contributed by atoms with Crippen molar-refractivity contribution in [1.29, 1.82) is 0 Å². The van der Waals surface area contributed by atoms with Crippen LogP contribution in [-0.4, -0.2) is 15.0 Å². The van der Waals surface area contributed by atoms with Crippen molar-refractivity contribution in [3.63, 3.8) is 0 Å². The van der Waals surface area contributed by atoms with Crippen molar-refractivity contribution in [1.82, 2.24) is 15.0 Å². The zero-order valence-electron chi connectivity index (χ0n) is 16.6. The fourth-order valence-electron chi connectivity index (χ4n) is 3.42. The Morgan fingerprint density at radius 3 is 2.34 bits per heavy atom. The molecule has 0 amide bonds. The van der Waals surface area contributed by atoms with Gasteiger partial charge in [0, 0.05) is 40.7 Å². The van der Waals surface area contributed by atoms with E-state index in [1.807, 2.05) is 6.07 Å². The number of hydrogen-bond acceptors (Lipinski definition) is 4. The van der Waals surface area contributed by atoms with E-state index in [-0.39, 0.29) is 5.82 Å². The number of nitrogens with one attached hydrogen (secondary N) is 1. The number of hydrogen-bond donors (Lipinski definition) is 1. The van der Waals surface area contributed by atoms with Gasteiger partial charge in [0.1, 0.15) is 11.6 Å². The summed E-state index contributed by atoms with van der Waals surface area (Å²) in [5.74, 6) is -1.45. The second kappa shape index (κ2) is 8.11. The van der Waals surface area contributed by atoms with Gasteiger partial charge in [-0.25, -0.2) is 23.1 Å². The Labute approximate surface area is 181 Å². The van der Waals surface area contributed by atoms with Gasteiger partial charge in [-0.3, -0.25) is 4.98 Å². The number of rotatable bonds is 4. The number of halogens is 3. The van der Waals surface area contributed by atoms with Gasteiger partial charge in [-0.05, 0) is 48.0 Å². The molecule has 7 heteroatoms. The first-order valence-electron chi connectivity index (χ1n) is 9.78. The Kier molecular flexibility index (Phi) is 4.99. The van der Waals surface area contributed by atoms with E-state index in [0.29, 0.717) is 44.9 Å². The minimum atomic E-state index is -0.970.